The summed E-state index contributed by atoms with van der Waals surface area (Å²) in [6.45, 7) is 2.05. The molecule has 3 heteroatoms. The van der Waals surface area contributed by atoms with Crippen LogP contribution in [0.1, 0.15) is 18.1 Å². The average Bonchev–Trinajstić information content (AvgIpc) is 2.96. The predicted octanol–water partition coefficient (Wildman–Crippen LogP) is 3.90. The quantitative estimate of drug-likeness (QED) is 0.620. The SMILES string of the molecule is C[C@@H](Cc1ccccc1)N=CC1C=C(c2ccccc2)OC1=O. The molecule has 1 unspecified atom stereocenters. The van der Waals surface area contributed by atoms with Crippen molar-refractivity contribution in [3.8, 4) is 0 Å². The van der Waals surface area contributed by atoms with Crippen LogP contribution < -0.4 is 0 Å². The van der Waals surface area contributed by atoms with E-state index < -0.39 is 5.92 Å². The Morgan fingerprint density at radius 3 is 2.43 bits per heavy atom. The van der Waals surface area contributed by atoms with E-state index in [2.05, 4.69) is 17.1 Å². The lowest BCUT2D eigenvalue weighted by atomic mass is 10.1. The third kappa shape index (κ3) is 3.95. The van der Waals surface area contributed by atoms with Crippen LogP contribution in [0, 0.1) is 5.92 Å². The van der Waals surface area contributed by atoms with Gasteiger partial charge < -0.3 is 4.74 Å². The molecular weight excluding hydrogens is 286 g/mol. The summed E-state index contributed by atoms with van der Waals surface area (Å²) in [5, 5.41) is 0. The van der Waals surface area contributed by atoms with Gasteiger partial charge in [-0.25, -0.2) is 0 Å². The molecule has 0 aliphatic carbocycles. The lowest BCUT2D eigenvalue weighted by Crippen LogP contribution is -2.12. The van der Waals surface area contributed by atoms with Gasteiger partial charge in [0.1, 0.15) is 11.7 Å². The van der Waals surface area contributed by atoms with E-state index in [0.717, 1.165) is 12.0 Å². The number of esters is 1. The van der Waals surface area contributed by atoms with Crippen molar-refractivity contribution >= 4 is 17.9 Å². The number of aliphatic imine (C=N–C) groups is 1. The van der Waals surface area contributed by atoms with Crippen LogP contribution in [-0.4, -0.2) is 18.2 Å². The Kier molecular flexibility index (Phi) is 4.67. The number of carbonyl (C=O) groups is 1. The fourth-order valence-electron chi connectivity index (χ4n) is 2.55. The van der Waals surface area contributed by atoms with Crippen LogP contribution >= 0.6 is 0 Å². The zero-order chi connectivity index (χ0) is 16.1. The molecule has 0 saturated heterocycles. The number of nitrogens with zero attached hydrogens (tertiary/aromatic N) is 1. The Morgan fingerprint density at radius 2 is 1.74 bits per heavy atom. The van der Waals surface area contributed by atoms with Crippen LogP contribution in [-0.2, 0) is 16.0 Å². The molecule has 3 rings (SSSR count). The second-order valence-electron chi connectivity index (χ2n) is 5.68. The molecule has 0 spiro atoms. The Balaban J connectivity index is 1.65. The maximum atomic E-state index is 12.0. The third-order valence-corrected chi connectivity index (χ3v) is 3.75. The van der Waals surface area contributed by atoms with Crippen molar-refractivity contribution in [2.24, 2.45) is 10.9 Å². The van der Waals surface area contributed by atoms with Crippen molar-refractivity contribution in [2.75, 3.05) is 0 Å². The van der Waals surface area contributed by atoms with E-state index in [9.17, 15) is 4.79 Å². The average molecular weight is 305 g/mol. The first-order valence-electron chi connectivity index (χ1n) is 7.78. The molecule has 2 aromatic rings. The molecule has 2 aromatic carbocycles. The number of rotatable bonds is 5. The van der Waals surface area contributed by atoms with Crippen LogP contribution in [0.5, 0.6) is 0 Å². The summed E-state index contributed by atoms with van der Waals surface area (Å²) in [4.78, 5) is 16.5. The summed E-state index contributed by atoms with van der Waals surface area (Å²) in [7, 11) is 0. The fourth-order valence-corrected chi connectivity index (χ4v) is 2.55. The van der Waals surface area contributed by atoms with Gasteiger partial charge in [-0.05, 0) is 25.0 Å². The molecule has 2 atom stereocenters. The van der Waals surface area contributed by atoms with Crippen LogP contribution in [0.25, 0.3) is 5.76 Å². The van der Waals surface area contributed by atoms with Gasteiger partial charge in [-0.15, -0.1) is 0 Å². The molecule has 23 heavy (non-hydrogen) atoms. The molecule has 1 aliphatic heterocycles. The number of cyclic esters (lactones) is 1. The normalized spacial score (nSPS) is 18.7. The maximum absolute atomic E-state index is 12.0. The van der Waals surface area contributed by atoms with E-state index in [-0.39, 0.29) is 12.0 Å². The Labute approximate surface area is 136 Å². The summed E-state index contributed by atoms with van der Waals surface area (Å²) in [5.41, 5.74) is 2.15. The number of carbonyl (C=O) groups excluding carboxylic acids is 1. The third-order valence-electron chi connectivity index (χ3n) is 3.75. The second-order valence-corrected chi connectivity index (χ2v) is 5.68. The molecule has 0 fully saturated rings. The summed E-state index contributed by atoms with van der Waals surface area (Å²) < 4.78 is 5.34. The van der Waals surface area contributed by atoms with E-state index >= 15 is 0 Å². The lowest BCUT2D eigenvalue weighted by molar-refractivity contribution is -0.135. The van der Waals surface area contributed by atoms with Gasteiger partial charge in [0.05, 0.1) is 6.04 Å². The van der Waals surface area contributed by atoms with Crippen LogP contribution in [0.3, 0.4) is 0 Å². The number of hydrogen-bond donors (Lipinski definition) is 0. The molecule has 1 aliphatic rings. The van der Waals surface area contributed by atoms with Crippen molar-refractivity contribution < 1.29 is 9.53 Å². The highest BCUT2D eigenvalue weighted by atomic mass is 16.5. The minimum absolute atomic E-state index is 0.124. The van der Waals surface area contributed by atoms with Crippen molar-refractivity contribution in [2.45, 2.75) is 19.4 Å². The highest BCUT2D eigenvalue weighted by molar-refractivity contribution is 5.99. The Morgan fingerprint density at radius 1 is 1.09 bits per heavy atom. The van der Waals surface area contributed by atoms with Crippen molar-refractivity contribution in [3.63, 3.8) is 0 Å². The minimum atomic E-state index is -0.400. The first kappa shape index (κ1) is 15.2. The van der Waals surface area contributed by atoms with Gasteiger partial charge in [-0.1, -0.05) is 60.7 Å². The van der Waals surface area contributed by atoms with E-state index in [1.54, 1.807) is 6.21 Å². The predicted molar refractivity (Wildman–Crippen MR) is 92.1 cm³/mol. The van der Waals surface area contributed by atoms with E-state index in [4.69, 9.17) is 4.74 Å². The Hall–Kier alpha value is -2.68. The van der Waals surface area contributed by atoms with E-state index in [1.165, 1.54) is 5.56 Å². The first-order chi connectivity index (χ1) is 11.2. The molecule has 116 valence electrons. The van der Waals surface area contributed by atoms with Crippen molar-refractivity contribution in [3.05, 3.63) is 77.9 Å². The van der Waals surface area contributed by atoms with Crippen LogP contribution in [0.4, 0.5) is 0 Å². The van der Waals surface area contributed by atoms with E-state index in [1.807, 2.05) is 61.5 Å². The molecule has 0 amide bonds. The van der Waals surface area contributed by atoms with Crippen LogP contribution in [0.15, 0.2) is 71.7 Å². The molecule has 0 bridgehead atoms. The highest BCUT2D eigenvalue weighted by Gasteiger charge is 2.26. The summed E-state index contributed by atoms with van der Waals surface area (Å²) >= 11 is 0. The lowest BCUT2D eigenvalue weighted by Gasteiger charge is -2.06. The van der Waals surface area contributed by atoms with Crippen LogP contribution in [0.2, 0.25) is 0 Å². The van der Waals surface area contributed by atoms with Gasteiger partial charge in [0.2, 0.25) is 0 Å². The molecule has 3 nitrogen and oxygen atoms in total. The molecule has 0 radical (unpaired) electrons. The number of ether oxygens (including phenoxy) is 1. The van der Waals surface area contributed by atoms with Gasteiger partial charge in [-0.2, -0.15) is 0 Å². The maximum Gasteiger partial charge on any atom is 0.323 e. The first-order valence-corrected chi connectivity index (χ1v) is 7.78. The van der Waals surface area contributed by atoms with Gasteiger partial charge in [0.25, 0.3) is 0 Å². The zero-order valence-electron chi connectivity index (χ0n) is 13.1. The largest absolute Gasteiger partial charge is 0.425 e. The van der Waals surface area contributed by atoms with Gasteiger partial charge in [0, 0.05) is 11.8 Å². The standard InChI is InChI=1S/C20H19NO2/c1-15(12-16-8-4-2-5-9-16)21-14-18-13-19(23-20(18)22)17-10-6-3-7-11-17/h2-11,13-15,18H,12H2,1H3/t15-,18?/m0/s1. The molecule has 0 N–H and O–H groups in total. The summed E-state index contributed by atoms with van der Waals surface area (Å²) in [6, 6.07) is 20.0. The Bertz CT molecular complexity index is 720. The van der Waals surface area contributed by atoms with Gasteiger partial charge in [0.15, 0.2) is 0 Å². The highest BCUT2D eigenvalue weighted by Crippen LogP contribution is 2.25. The van der Waals surface area contributed by atoms with Crippen molar-refractivity contribution in [1.29, 1.82) is 0 Å². The van der Waals surface area contributed by atoms with Gasteiger partial charge in [-0.3, -0.25) is 9.79 Å². The smallest absolute Gasteiger partial charge is 0.323 e. The molecule has 0 aromatic heterocycles. The minimum Gasteiger partial charge on any atom is -0.425 e. The summed E-state index contributed by atoms with van der Waals surface area (Å²) in [5.74, 6) is -0.0503. The molecule has 0 saturated carbocycles. The summed E-state index contributed by atoms with van der Waals surface area (Å²) in [6.07, 6.45) is 4.39. The second kappa shape index (κ2) is 7.05. The van der Waals surface area contributed by atoms with Gasteiger partial charge >= 0.3 is 5.97 Å². The number of hydrogen-bond acceptors (Lipinski definition) is 3. The zero-order valence-corrected chi connectivity index (χ0v) is 13.1. The van der Waals surface area contributed by atoms with E-state index in [0.29, 0.717) is 5.76 Å². The fraction of sp³-hybridized carbons (Fsp3) is 0.200. The van der Waals surface area contributed by atoms with Crippen molar-refractivity contribution in [1.82, 2.24) is 0 Å². The topological polar surface area (TPSA) is 38.7 Å². The monoisotopic (exact) mass is 305 g/mol. The molecular formula is C20H19NO2. The number of benzene rings is 2. The molecule has 1 heterocycles.